The van der Waals surface area contributed by atoms with Crippen molar-refractivity contribution in [2.45, 2.75) is 49.0 Å². The van der Waals surface area contributed by atoms with Crippen LogP contribution in [0.1, 0.15) is 24.1 Å². The highest BCUT2D eigenvalue weighted by molar-refractivity contribution is 7.99. The Balaban J connectivity index is 1.16. The van der Waals surface area contributed by atoms with Crippen molar-refractivity contribution in [3.8, 4) is 11.8 Å². The van der Waals surface area contributed by atoms with E-state index in [4.69, 9.17) is 14.2 Å². The van der Waals surface area contributed by atoms with Crippen LogP contribution in [0.25, 0.3) is 11.0 Å². The summed E-state index contributed by atoms with van der Waals surface area (Å²) < 4.78 is 31.2. The number of fused-ring (bicyclic) bond motifs is 2. The van der Waals surface area contributed by atoms with Crippen LogP contribution in [0, 0.1) is 5.82 Å². The zero-order valence-corrected chi connectivity index (χ0v) is 19.6. The average molecular weight is 488 g/mol. The number of aliphatic hydroxyl groups is 1. The van der Waals surface area contributed by atoms with E-state index in [9.17, 15) is 9.50 Å². The van der Waals surface area contributed by atoms with E-state index in [1.54, 1.807) is 17.8 Å². The van der Waals surface area contributed by atoms with Crippen molar-refractivity contribution in [3.05, 3.63) is 41.5 Å². The minimum Gasteiger partial charge on any atom is -0.480 e. The molecule has 34 heavy (non-hydrogen) atoms. The molecule has 5 rings (SSSR count). The Labute approximate surface area is 200 Å². The summed E-state index contributed by atoms with van der Waals surface area (Å²) in [7, 11) is 1.48. The first-order valence-corrected chi connectivity index (χ1v) is 12.2. The predicted molar refractivity (Wildman–Crippen MR) is 124 cm³/mol. The van der Waals surface area contributed by atoms with Crippen LogP contribution < -0.4 is 14.8 Å². The highest BCUT2D eigenvalue weighted by Crippen LogP contribution is 2.31. The number of nitrogens with zero attached hydrogens (tertiary/aromatic N) is 4. The van der Waals surface area contributed by atoms with Crippen molar-refractivity contribution in [2.75, 3.05) is 26.1 Å². The van der Waals surface area contributed by atoms with Gasteiger partial charge in [0.15, 0.2) is 0 Å². The Kier molecular flexibility index (Phi) is 7.05. The molecule has 0 saturated carbocycles. The zero-order chi connectivity index (χ0) is 23.5. The number of methoxy groups -OCH3 is 1. The number of aliphatic hydroxyl groups excluding tert-OH is 1. The van der Waals surface area contributed by atoms with E-state index < -0.39 is 11.9 Å². The molecule has 1 aromatic carbocycles. The number of halogens is 1. The van der Waals surface area contributed by atoms with Gasteiger partial charge in [0, 0.05) is 30.3 Å². The molecule has 0 bridgehead atoms. The summed E-state index contributed by atoms with van der Waals surface area (Å²) in [6.07, 6.45) is 1.79. The number of aromatic nitrogens is 4. The lowest BCUT2D eigenvalue weighted by molar-refractivity contribution is -0.0719. The predicted octanol–water partition coefficient (Wildman–Crippen LogP) is 2.29. The van der Waals surface area contributed by atoms with Crippen LogP contribution in [0.2, 0.25) is 0 Å². The molecule has 0 unspecified atom stereocenters. The Morgan fingerprint density at radius 3 is 3.06 bits per heavy atom. The van der Waals surface area contributed by atoms with Gasteiger partial charge in [-0.15, -0.1) is 16.9 Å². The van der Waals surface area contributed by atoms with Crippen molar-refractivity contribution in [2.24, 2.45) is 0 Å². The molecular weight excluding hydrogens is 461 g/mol. The molecule has 9 nitrogen and oxygen atoms in total. The van der Waals surface area contributed by atoms with Gasteiger partial charge in [-0.05, 0) is 31.0 Å². The van der Waals surface area contributed by atoms with Gasteiger partial charge in [0.05, 0.1) is 60.4 Å². The Morgan fingerprint density at radius 2 is 2.24 bits per heavy atom. The van der Waals surface area contributed by atoms with Gasteiger partial charge < -0.3 is 24.6 Å². The minimum absolute atomic E-state index is 0.0816. The second-order valence-electron chi connectivity index (χ2n) is 8.31. The molecule has 3 atom stereocenters. The number of hydrogen-bond acceptors (Lipinski definition) is 10. The monoisotopic (exact) mass is 487 g/mol. The highest BCUT2D eigenvalue weighted by atomic mass is 32.2. The topological polar surface area (TPSA) is 112 Å². The maximum Gasteiger partial charge on any atom is 0.247 e. The number of nitrogens with one attached hydrogen (secondary N) is 1. The molecule has 0 amide bonds. The molecule has 2 aliphatic heterocycles. The quantitative estimate of drug-likeness (QED) is 0.515. The maximum atomic E-state index is 14.6. The summed E-state index contributed by atoms with van der Waals surface area (Å²) in [6.45, 7) is 1.68. The van der Waals surface area contributed by atoms with E-state index in [0.717, 1.165) is 22.8 Å². The summed E-state index contributed by atoms with van der Waals surface area (Å²) in [5.74, 6) is 1.38. The van der Waals surface area contributed by atoms with Crippen molar-refractivity contribution in [1.29, 1.82) is 0 Å². The molecule has 2 aliphatic rings. The van der Waals surface area contributed by atoms with E-state index in [1.807, 2.05) is 6.07 Å². The third-order valence-corrected chi connectivity index (χ3v) is 7.01. The van der Waals surface area contributed by atoms with Gasteiger partial charge in [-0.3, -0.25) is 0 Å². The average Bonchev–Trinajstić information content (AvgIpc) is 2.89. The minimum atomic E-state index is -0.863. The van der Waals surface area contributed by atoms with Gasteiger partial charge >= 0.3 is 0 Å². The van der Waals surface area contributed by atoms with Crippen LogP contribution >= 0.6 is 11.8 Å². The van der Waals surface area contributed by atoms with Crippen LogP contribution in [0.15, 0.2) is 29.3 Å². The van der Waals surface area contributed by atoms with Crippen molar-refractivity contribution in [1.82, 2.24) is 25.5 Å². The fourth-order valence-corrected chi connectivity index (χ4v) is 5.02. The summed E-state index contributed by atoms with van der Waals surface area (Å²) >= 11 is 1.72. The normalized spacial score (nSPS) is 21.0. The summed E-state index contributed by atoms with van der Waals surface area (Å²) in [4.78, 5) is 9.61. The molecule has 11 heteroatoms. The lowest BCUT2D eigenvalue weighted by Crippen LogP contribution is -2.44. The second-order valence-corrected chi connectivity index (χ2v) is 9.44. The van der Waals surface area contributed by atoms with Gasteiger partial charge in [-0.1, -0.05) is 0 Å². The third kappa shape index (κ3) is 5.07. The largest absolute Gasteiger partial charge is 0.480 e. The number of benzene rings is 1. The summed E-state index contributed by atoms with van der Waals surface area (Å²) in [5, 5.41) is 22.6. The van der Waals surface area contributed by atoms with Gasteiger partial charge in [0.25, 0.3) is 0 Å². The number of hydrogen-bond donors (Lipinski definition) is 2. The second kappa shape index (κ2) is 10.3. The third-order valence-electron chi connectivity index (χ3n) is 6.03. The molecule has 3 aromatic rings. The highest BCUT2D eigenvalue weighted by Gasteiger charge is 2.29. The van der Waals surface area contributed by atoms with E-state index in [2.05, 4.69) is 25.5 Å². The molecule has 1 saturated heterocycles. The van der Waals surface area contributed by atoms with Crippen LogP contribution in [0.3, 0.4) is 0 Å². The molecular formula is C23H26FN5O4S. The number of thioether (sulfide) groups is 1. The van der Waals surface area contributed by atoms with Gasteiger partial charge in [0.1, 0.15) is 5.82 Å². The Hall–Kier alpha value is -2.60. The molecule has 2 aromatic heterocycles. The molecule has 1 fully saturated rings. The lowest BCUT2D eigenvalue weighted by Gasteiger charge is -2.32. The smallest absolute Gasteiger partial charge is 0.247 e. The molecule has 0 radical (unpaired) electrons. The van der Waals surface area contributed by atoms with E-state index in [0.29, 0.717) is 54.5 Å². The van der Waals surface area contributed by atoms with Gasteiger partial charge in [-0.25, -0.2) is 14.4 Å². The fourth-order valence-electron chi connectivity index (χ4n) is 4.19. The summed E-state index contributed by atoms with van der Waals surface area (Å²) in [5.41, 5.74) is 2.10. The van der Waals surface area contributed by atoms with Crippen LogP contribution in [-0.2, 0) is 17.7 Å². The Bertz CT molecular complexity index is 1160. The standard InChI is InChI=1S/C23H26FN5O4S/c1-31-21-11-26-17-4-3-16(24)15(22(17)27-21)9-18(30)19-5-2-13(12-33-19)25-10-14-8-20-23(29-28-14)32-6-7-34-20/h3-4,8,11,13,18-19,25,30H,2,5-7,9-10,12H2,1H3/t13-,18+,19+/m1/s1. The first-order valence-electron chi connectivity index (χ1n) is 11.2. The first-order chi connectivity index (χ1) is 16.6. The van der Waals surface area contributed by atoms with Gasteiger partial charge in [0.2, 0.25) is 11.8 Å². The molecule has 0 aliphatic carbocycles. The fraction of sp³-hybridized carbons (Fsp3) is 0.478. The van der Waals surface area contributed by atoms with E-state index >= 15 is 0 Å². The molecule has 0 spiro atoms. The van der Waals surface area contributed by atoms with E-state index in [1.165, 1.54) is 19.4 Å². The van der Waals surface area contributed by atoms with E-state index in [-0.39, 0.29) is 18.6 Å². The van der Waals surface area contributed by atoms with Crippen LogP contribution in [0.5, 0.6) is 11.8 Å². The van der Waals surface area contributed by atoms with Crippen molar-refractivity contribution < 1.29 is 23.7 Å². The zero-order valence-electron chi connectivity index (χ0n) is 18.7. The number of ether oxygens (including phenoxy) is 3. The molecule has 4 heterocycles. The first kappa shape index (κ1) is 23.2. The van der Waals surface area contributed by atoms with Crippen molar-refractivity contribution >= 4 is 22.8 Å². The number of rotatable bonds is 7. The van der Waals surface area contributed by atoms with Crippen molar-refractivity contribution in [3.63, 3.8) is 0 Å². The Morgan fingerprint density at radius 1 is 1.32 bits per heavy atom. The lowest BCUT2D eigenvalue weighted by atomic mass is 9.95. The maximum absolute atomic E-state index is 14.6. The van der Waals surface area contributed by atoms with Crippen LogP contribution in [-0.4, -0.2) is 69.6 Å². The summed E-state index contributed by atoms with van der Waals surface area (Å²) in [6, 6.07) is 5.06. The molecule has 2 N–H and O–H groups in total. The van der Waals surface area contributed by atoms with Gasteiger partial charge in [-0.2, -0.15) is 5.10 Å². The molecule has 180 valence electrons. The van der Waals surface area contributed by atoms with Crippen LogP contribution in [0.4, 0.5) is 4.39 Å². The SMILES string of the molecule is COc1cnc2ccc(F)c(C[C@H](O)[C@@H]3CC[C@@H](NCc4cc5c(nn4)OCCS5)CO3)c2n1.